The van der Waals surface area contributed by atoms with Crippen LogP contribution >= 0.6 is 11.3 Å². The summed E-state index contributed by atoms with van der Waals surface area (Å²) in [6.45, 7) is 5.58. The van der Waals surface area contributed by atoms with Crippen molar-refractivity contribution in [1.82, 2.24) is 9.88 Å². The Morgan fingerprint density at radius 1 is 1.14 bits per heavy atom. The van der Waals surface area contributed by atoms with Crippen molar-refractivity contribution in [1.29, 1.82) is 0 Å². The van der Waals surface area contributed by atoms with Crippen molar-refractivity contribution >= 4 is 21.6 Å². The lowest BCUT2D eigenvalue weighted by atomic mass is 10.1. The molecule has 1 saturated heterocycles. The van der Waals surface area contributed by atoms with Crippen molar-refractivity contribution in [3.63, 3.8) is 0 Å². The number of hydrogen-bond donors (Lipinski definition) is 0. The second-order valence-electron chi connectivity index (χ2n) is 6.17. The summed E-state index contributed by atoms with van der Waals surface area (Å²) in [5.41, 5.74) is 4.00. The third-order valence-corrected chi connectivity index (χ3v) is 5.79. The number of thiazole rings is 1. The Hall–Kier alpha value is -1.71. The van der Waals surface area contributed by atoms with Gasteiger partial charge in [-0.15, -0.1) is 11.3 Å². The minimum absolute atomic E-state index is 0.599. The number of para-hydroxylation sites is 1. The first kappa shape index (κ1) is 13.9. The molecule has 1 unspecified atom stereocenters. The monoisotopic (exact) mass is 308 g/mol. The van der Waals surface area contributed by atoms with Gasteiger partial charge in [-0.05, 0) is 43.1 Å². The van der Waals surface area contributed by atoms with E-state index in [1.54, 1.807) is 0 Å². The summed E-state index contributed by atoms with van der Waals surface area (Å²) >= 11 is 1.87. The molecule has 0 spiro atoms. The standard InChI is InChI=1S/C19H20N2S/c1-14-6-2-3-7-15(14)12-21-11-10-16(13-21)19-20-17-8-4-5-9-18(17)22-19/h2-9,16H,10-13H2,1H3. The maximum atomic E-state index is 4.85. The highest BCUT2D eigenvalue weighted by Crippen LogP contribution is 2.33. The minimum Gasteiger partial charge on any atom is -0.298 e. The van der Waals surface area contributed by atoms with E-state index in [1.165, 1.54) is 33.8 Å². The van der Waals surface area contributed by atoms with Crippen molar-refractivity contribution in [3.8, 4) is 0 Å². The normalized spacial score (nSPS) is 19.0. The highest BCUT2D eigenvalue weighted by molar-refractivity contribution is 7.18. The molecule has 1 aliphatic heterocycles. The fourth-order valence-corrected chi connectivity index (χ4v) is 4.36. The highest BCUT2D eigenvalue weighted by atomic mass is 32.1. The van der Waals surface area contributed by atoms with Crippen LogP contribution in [0.1, 0.15) is 28.5 Å². The van der Waals surface area contributed by atoms with E-state index in [4.69, 9.17) is 4.98 Å². The van der Waals surface area contributed by atoms with E-state index < -0.39 is 0 Å². The maximum absolute atomic E-state index is 4.85. The van der Waals surface area contributed by atoms with Crippen molar-refractivity contribution in [2.75, 3.05) is 13.1 Å². The predicted molar refractivity (Wildman–Crippen MR) is 93.4 cm³/mol. The first-order valence-corrected chi connectivity index (χ1v) is 8.73. The molecule has 1 aliphatic rings. The molecule has 4 rings (SSSR count). The maximum Gasteiger partial charge on any atom is 0.0982 e. The molecule has 0 saturated carbocycles. The molecule has 1 atom stereocenters. The average Bonchev–Trinajstić information content (AvgIpc) is 3.15. The molecule has 0 bridgehead atoms. The number of rotatable bonds is 3. The summed E-state index contributed by atoms with van der Waals surface area (Å²) in [6.07, 6.45) is 1.23. The third kappa shape index (κ3) is 2.67. The molecule has 3 aromatic rings. The van der Waals surface area contributed by atoms with E-state index in [0.717, 1.165) is 18.6 Å². The van der Waals surface area contributed by atoms with Gasteiger partial charge in [0.25, 0.3) is 0 Å². The topological polar surface area (TPSA) is 16.1 Å². The smallest absolute Gasteiger partial charge is 0.0982 e. The molecule has 1 fully saturated rings. The molecule has 0 aliphatic carbocycles. The van der Waals surface area contributed by atoms with Gasteiger partial charge in [0.1, 0.15) is 0 Å². The molecule has 0 N–H and O–H groups in total. The Bertz CT molecular complexity index is 760. The van der Waals surface area contributed by atoms with Crippen LogP contribution in [0.3, 0.4) is 0 Å². The van der Waals surface area contributed by atoms with Gasteiger partial charge in [0.05, 0.1) is 15.2 Å². The molecule has 112 valence electrons. The van der Waals surface area contributed by atoms with Crippen LogP contribution in [-0.2, 0) is 6.54 Å². The van der Waals surface area contributed by atoms with Crippen molar-refractivity contribution in [2.24, 2.45) is 0 Å². The molecule has 0 radical (unpaired) electrons. The number of benzene rings is 2. The van der Waals surface area contributed by atoms with Gasteiger partial charge >= 0.3 is 0 Å². The summed E-state index contributed by atoms with van der Waals surface area (Å²) < 4.78 is 1.31. The zero-order valence-corrected chi connectivity index (χ0v) is 13.6. The molecule has 1 aromatic heterocycles. The van der Waals surface area contributed by atoms with Crippen LogP contribution in [0.2, 0.25) is 0 Å². The van der Waals surface area contributed by atoms with E-state index in [-0.39, 0.29) is 0 Å². The van der Waals surface area contributed by atoms with Gasteiger partial charge in [-0.1, -0.05) is 36.4 Å². The number of aromatic nitrogens is 1. The van der Waals surface area contributed by atoms with Crippen LogP contribution in [-0.4, -0.2) is 23.0 Å². The quantitative estimate of drug-likeness (QED) is 0.703. The SMILES string of the molecule is Cc1ccccc1CN1CCC(c2nc3ccccc3s2)C1. The second kappa shape index (κ2) is 5.82. The zero-order chi connectivity index (χ0) is 14.9. The zero-order valence-electron chi connectivity index (χ0n) is 12.8. The Labute approximate surface area is 135 Å². The van der Waals surface area contributed by atoms with E-state index in [2.05, 4.69) is 60.4 Å². The lowest BCUT2D eigenvalue weighted by Gasteiger charge is -2.17. The summed E-state index contributed by atoms with van der Waals surface area (Å²) in [5, 5.41) is 1.31. The first-order valence-electron chi connectivity index (χ1n) is 7.92. The van der Waals surface area contributed by atoms with Gasteiger partial charge in [-0.2, -0.15) is 0 Å². The van der Waals surface area contributed by atoms with Crippen molar-refractivity contribution in [3.05, 3.63) is 64.7 Å². The number of fused-ring (bicyclic) bond motifs is 1. The van der Waals surface area contributed by atoms with Gasteiger partial charge in [-0.3, -0.25) is 4.90 Å². The molecule has 2 nitrogen and oxygen atoms in total. The molecule has 2 heterocycles. The van der Waals surface area contributed by atoms with Gasteiger partial charge in [0.15, 0.2) is 0 Å². The largest absolute Gasteiger partial charge is 0.298 e. The van der Waals surface area contributed by atoms with Crippen molar-refractivity contribution < 1.29 is 0 Å². The van der Waals surface area contributed by atoms with Gasteiger partial charge in [0.2, 0.25) is 0 Å². The fraction of sp³-hybridized carbons (Fsp3) is 0.316. The Balaban J connectivity index is 1.49. The van der Waals surface area contributed by atoms with Gasteiger partial charge in [-0.25, -0.2) is 4.98 Å². The fourth-order valence-electron chi connectivity index (χ4n) is 3.27. The Kier molecular flexibility index (Phi) is 3.68. The first-order chi connectivity index (χ1) is 10.8. The van der Waals surface area contributed by atoms with E-state index in [9.17, 15) is 0 Å². The average molecular weight is 308 g/mol. The van der Waals surface area contributed by atoms with E-state index in [0.29, 0.717) is 5.92 Å². The highest BCUT2D eigenvalue weighted by Gasteiger charge is 2.26. The summed E-state index contributed by atoms with van der Waals surface area (Å²) in [7, 11) is 0. The van der Waals surface area contributed by atoms with Gasteiger partial charge < -0.3 is 0 Å². The molecule has 0 amide bonds. The van der Waals surface area contributed by atoms with Crippen LogP contribution in [0.15, 0.2) is 48.5 Å². The third-order valence-electron chi connectivity index (χ3n) is 4.59. The second-order valence-corrected chi connectivity index (χ2v) is 7.23. The minimum atomic E-state index is 0.599. The lowest BCUT2D eigenvalue weighted by molar-refractivity contribution is 0.326. The number of likely N-dealkylation sites (tertiary alicyclic amines) is 1. The van der Waals surface area contributed by atoms with Crippen LogP contribution in [0, 0.1) is 6.92 Å². The summed E-state index contributed by atoms with van der Waals surface area (Å²) in [5.74, 6) is 0.599. The van der Waals surface area contributed by atoms with Gasteiger partial charge in [0, 0.05) is 19.0 Å². The molecular formula is C19H20N2S. The Morgan fingerprint density at radius 2 is 1.95 bits per heavy atom. The summed E-state index contributed by atoms with van der Waals surface area (Å²) in [6, 6.07) is 17.2. The number of aryl methyl sites for hydroxylation is 1. The Morgan fingerprint density at radius 3 is 2.82 bits per heavy atom. The molecule has 22 heavy (non-hydrogen) atoms. The molecule has 3 heteroatoms. The lowest BCUT2D eigenvalue weighted by Crippen LogP contribution is -2.20. The van der Waals surface area contributed by atoms with Crippen molar-refractivity contribution in [2.45, 2.75) is 25.8 Å². The van der Waals surface area contributed by atoms with Crippen LogP contribution in [0.5, 0.6) is 0 Å². The van der Waals surface area contributed by atoms with E-state index in [1.807, 2.05) is 11.3 Å². The van der Waals surface area contributed by atoms with Crippen LogP contribution < -0.4 is 0 Å². The number of nitrogens with zero attached hydrogens (tertiary/aromatic N) is 2. The number of hydrogen-bond acceptors (Lipinski definition) is 3. The predicted octanol–water partition coefficient (Wildman–Crippen LogP) is 4.59. The van der Waals surface area contributed by atoms with E-state index >= 15 is 0 Å². The molecule has 2 aromatic carbocycles. The summed E-state index contributed by atoms with van der Waals surface area (Å²) in [4.78, 5) is 7.41. The van der Waals surface area contributed by atoms with Crippen LogP contribution in [0.25, 0.3) is 10.2 Å². The molecular weight excluding hydrogens is 288 g/mol. The van der Waals surface area contributed by atoms with Crippen LogP contribution in [0.4, 0.5) is 0 Å².